The van der Waals surface area contributed by atoms with Gasteiger partial charge in [0.05, 0.1) is 12.7 Å². The van der Waals surface area contributed by atoms with Gasteiger partial charge in [-0.1, -0.05) is 12.1 Å². The lowest BCUT2D eigenvalue weighted by atomic mass is 9.93. The third-order valence-corrected chi connectivity index (χ3v) is 4.85. The van der Waals surface area contributed by atoms with Crippen molar-refractivity contribution in [3.05, 3.63) is 54.5 Å². The highest BCUT2D eigenvalue weighted by molar-refractivity contribution is 5.33. The van der Waals surface area contributed by atoms with E-state index in [0.29, 0.717) is 17.9 Å². The second-order valence-corrected chi connectivity index (χ2v) is 6.45. The number of rotatable bonds is 5. The number of nitrogens with one attached hydrogen (secondary N) is 1. The van der Waals surface area contributed by atoms with Crippen LogP contribution in [0.3, 0.4) is 0 Å². The van der Waals surface area contributed by atoms with Gasteiger partial charge < -0.3 is 10.1 Å². The highest BCUT2D eigenvalue weighted by Gasteiger charge is 2.43. The van der Waals surface area contributed by atoms with Crippen LogP contribution in [0.25, 0.3) is 0 Å². The van der Waals surface area contributed by atoms with Gasteiger partial charge in [0.2, 0.25) is 0 Å². The van der Waals surface area contributed by atoms with Gasteiger partial charge in [-0.2, -0.15) is 0 Å². The van der Waals surface area contributed by atoms with Gasteiger partial charge in [-0.3, -0.25) is 9.88 Å². The average Bonchev–Trinajstić information content (AvgIpc) is 3.15. The minimum atomic E-state index is 0.377. The van der Waals surface area contributed by atoms with Crippen molar-refractivity contribution in [2.45, 2.75) is 12.6 Å². The SMILES string of the molecule is c1ccc(NC[C@@H]2CO[C@H]3CN(Cc4cccnc4)C[C@@H]23)nc1. The molecule has 0 amide bonds. The largest absolute Gasteiger partial charge is 0.376 e. The smallest absolute Gasteiger partial charge is 0.125 e. The number of ether oxygens (including phenoxy) is 1. The number of likely N-dealkylation sites (tertiary alicyclic amines) is 1. The van der Waals surface area contributed by atoms with Gasteiger partial charge in [-0.25, -0.2) is 4.98 Å². The van der Waals surface area contributed by atoms with Crippen LogP contribution in [0.2, 0.25) is 0 Å². The highest BCUT2D eigenvalue weighted by Crippen LogP contribution is 2.34. The third-order valence-electron chi connectivity index (χ3n) is 4.85. The maximum Gasteiger partial charge on any atom is 0.125 e. The van der Waals surface area contributed by atoms with Crippen molar-refractivity contribution >= 4 is 5.82 Å². The minimum absolute atomic E-state index is 0.377. The molecule has 23 heavy (non-hydrogen) atoms. The Hall–Kier alpha value is -1.98. The quantitative estimate of drug-likeness (QED) is 0.916. The molecular weight excluding hydrogens is 288 g/mol. The summed E-state index contributed by atoms with van der Waals surface area (Å²) in [5.41, 5.74) is 1.27. The Labute approximate surface area is 136 Å². The summed E-state index contributed by atoms with van der Waals surface area (Å²) in [6.45, 7) is 4.88. The molecule has 4 heterocycles. The van der Waals surface area contributed by atoms with Crippen LogP contribution in [0.5, 0.6) is 0 Å². The van der Waals surface area contributed by atoms with Gasteiger partial charge >= 0.3 is 0 Å². The predicted octanol–water partition coefficient (Wildman–Crippen LogP) is 2.04. The summed E-state index contributed by atoms with van der Waals surface area (Å²) in [6, 6.07) is 10.1. The summed E-state index contributed by atoms with van der Waals surface area (Å²) < 4.78 is 6.03. The fourth-order valence-corrected chi connectivity index (χ4v) is 3.67. The fourth-order valence-electron chi connectivity index (χ4n) is 3.67. The summed E-state index contributed by atoms with van der Waals surface area (Å²) in [5, 5.41) is 3.44. The van der Waals surface area contributed by atoms with Gasteiger partial charge in [0, 0.05) is 56.6 Å². The second-order valence-electron chi connectivity index (χ2n) is 6.45. The zero-order valence-electron chi connectivity index (χ0n) is 13.1. The van der Waals surface area contributed by atoms with Gasteiger partial charge in [-0.15, -0.1) is 0 Å². The summed E-state index contributed by atoms with van der Waals surface area (Å²) in [5.74, 6) is 2.12. The molecule has 2 fully saturated rings. The molecule has 0 radical (unpaired) electrons. The molecule has 2 aliphatic rings. The Balaban J connectivity index is 1.32. The number of aromatic nitrogens is 2. The van der Waals surface area contributed by atoms with Crippen LogP contribution in [0.4, 0.5) is 5.82 Å². The van der Waals surface area contributed by atoms with Crippen molar-refractivity contribution in [2.75, 3.05) is 31.6 Å². The van der Waals surface area contributed by atoms with E-state index in [1.54, 1.807) is 0 Å². The van der Waals surface area contributed by atoms with E-state index >= 15 is 0 Å². The van der Waals surface area contributed by atoms with E-state index in [1.807, 2.05) is 42.9 Å². The van der Waals surface area contributed by atoms with Crippen LogP contribution in [0.15, 0.2) is 48.9 Å². The molecule has 1 N–H and O–H groups in total. The molecule has 0 unspecified atom stereocenters. The highest BCUT2D eigenvalue weighted by atomic mass is 16.5. The Morgan fingerprint density at radius 2 is 2.17 bits per heavy atom. The van der Waals surface area contributed by atoms with Crippen LogP contribution in [-0.2, 0) is 11.3 Å². The number of hydrogen-bond acceptors (Lipinski definition) is 5. The van der Waals surface area contributed by atoms with E-state index in [2.05, 4.69) is 26.3 Å². The van der Waals surface area contributed by atoms with Crippen LogP contribution < -0.4 is 5.32 Å². The second kappa shape index (κ2) is 6.64. The Morgan fingerprint density at radius 3 is 3.00 bits per heavy atom. The summed E-state index contributed by atoms with van der Waals surface area (Å²) in [4.78, 5) is 11.0. The van der Waals surface area contributed by atoms with E-state index < -0.39 is 0 Å². The normalized spacial score (nSPS) is 27.0. The molecule has 2 aliphatic heterocycles. The molecule has 0 spiro atoms. The summed E-state index contributed by atoms with van der Waals surface area (Å²) in [7, 11) is 0. The van der Waals surface area contributed by atoms with Crippen molar-refractivity contribution in [3.63, 3.8) is 0 Å². The first-order chi connectivity index (χ1) is 11.4. The zero-order valence-corrected chi connectivity index (χ0v) is 13.1. The molecule has 5 heteroatoms. The van der Waals surface area contributed by atoms with E-state index in [0.717, 1.165) is 38.6 Å². The number of anilines is 1. The lowest BCUT2D eigenvalue weighted by Crippen LogP contribution is -2.27. The van der Waals surface area contributed by atoms with Crippen molar-refractivity contribution in [1.29, 1.82) is 0 Å². The van der Waals surface area contributed by atoms with Gasteiger partial charge in [0.15, 0.2) is 0 Å². The average molecular weight is 310 g/mol. The first kappa shape index (κ1) is 14.6. The standard InChI is InChI=1S/C18H22N4O/c1-2-7-20-18(5-1)21-9-15-13-23-17-12-22(11-16(15)17)10-14-4-3-6-19-8-14/h1-8,15-17H,9-13H2,(H,20,21)/t15-,16+,17+/m1/s1. The Bertz CT molecular complexity index is 621. The number of pyridine rings is 2. The number of hydrogen-bond donors (Lipinski definition) is 1. The van der Waals surface area contributed by atoms with Crippen LogP contribution in [-0.4, -0.2) is 47.2 Å². The maximum atomic E-state index is 6.03. The molecule has 2 saturated heterocycles. The van der Waals surface area contributed by atoms with Gasteiger partial charge in [-0.05, 0) is 23.8 Å². The molecule has 2 aromatic rings. The minimum Gasteiger partial charge on any atom is -0.376 e. The van der Waals surface area contributed by atoms with E-state index in [-0.39, 0.29) is 0 Å². The molecule has 0 saturated carbocycles. The molecular formula is C18H22N4O. The van der Waals surface area contributed by atoms with E-state index in [9.17, 15) is 0 Å². The molecule has 2 aromatic heterocycles. The zero-order chi connectivity index (χ0) is 15.5. The Morgan fingerprint density at radius 1 is 1.17 bits per heavy atom. The molecule has 0 aliphatic carbocycles. The Kier molecular flexibility index (Phi) is 4.22. The van der Waals surface area contributed by atoms with Gasteiger partial charge in [0.1, 0.15) is 5.82 Å². The van der Waals surface area contributed by atoms with Crippen molar-refractivity contribution < 1.29 is 4.74 Å². The number of fused-ring (bicyclic) bond motifs is 1. The van der Waals surface area contributed by atoms with Crippen molar-refractivity contribution in [1.82, 2.24) is 14.9 Å². The monoisotopic (exact) mass is 310 g/mol. The summed E-state index contributed by atoms with van der Waals surface area (Å²) >= 11 is 0. The van der Waals surface area contributed by atoms with Crippen molar-refractivity contribution in [2.24, 2.45) is 11.8 Å². The molecule has 5 nitrogen and oxygen atoms in total. The molecule has 3 atom stereocenters. The van der Waals surface area contributed by atoms with Gasteiger partial charge in [0.25, 0.3) is 0 Å². The molecule has 4 rings (SSSR count). The topological polar surface area (TPSA) is 50.3 Å². The van der Waals surface area contributed by atoms with E-state index in [4.69, 9.17) is 4.74 Å². The fraction of sp³-hybridized carbons (Fsp3) is 0.444. The van der Waals surface area contributed by atoms with Crippen LogP contribution in [0, 0.1) is 11.8 Å². The predicted molar refractivity (Wildman–Crippen MR) is 89.0 cm³/mol. The van der Waals surface area contributed by atoms with E-state index in [1.165, 1.54) is 5.56 Å². The molecule has 0 aromatic carbocycles. The van der Waals surface area contributed by atoms with Crippen LogP contribution in [0.1, 0.15) is 5.56 Å². The molecule has 0 bridgehead atoms. The van der Waals surface area contributed by atoms with Crippen LogP contribution >= 0.6 is 0 Å². The lowest BCUT2D eigenvalue weighted by molar-refractivity contribution is 0.0946. The summed E-state index contributed by atoms with van der Waals surface area (Å²) in [6.07, 6.45) is 5.98. The van der Waals surface area contributed by atoms with Crippen molar-refractivity contribution in [3.8, 4) is 0 Å². The molecule has 120 valence electrons. The first-order valence-electron chi connectivity index (χ1n) is 8.26. The first-order valence-corrected chi connectivity index (χ1v) is 8.26. The lowest BCUT2D eigenvalue weighted by Gasteiger charge is -2.20. The maximum absolute atomic E-state index is 6.03. The number of nitrogens with zero attached hydrogens (tertiary/aromatic N) is 3. The third kappa shape index (κ3) is 3.35.